The highest BCUT2D eigenvalue weighted by Gasteiger charge is 2.33. The molecule has 28 heavy (non-hydrogen) atoms. The smallest absolute Gasteiger partial charge is 0.229 e. The normalized spacial score (nSPS) is 18.6. The molecule has 0 saturated carbocycles. The van der Waals surface area contributed by atoms with Gasteiger partial charge in [-0.15, -0.1) is 0 Å². The van der Waals surface area contributed by atoms with E-state index in [1.54, 1.807) is 0 Å². The highest BCUT2D eigenvalue weighted by molar-refractivity contribution is 5.93. The van der Waals surface area contributed by atoms with Crippen LogP contribution >= 0.6 is 0 Å². The van der Waals surface area contributed by atoms with Gasteiger partial charge >= 0.3 is 0 Å². The van der Waals surface area contributed by atoms with Crippen LogP contribution in [-0.4, -0.2) is 19.0 Å². The van der Waals surface area contributed by atoms with E-state index in [4.69, 9.17) is 4.74 Å². The van der Waals surface area contributed by atoms with Gasteiger partial charge in [0.05, 0.1) is 5.92 Å². The van der Waals surface area contributed by atoms with Crippen molar-refractivity contribution >= 4 is 11.6 Å². The summed E-state index contributed by atoms with van der Waals surface area (Å²) < 4.78 is 5.93. The summed E-state index contributed by atoms with van der Waals surface area (Å²) in [5.41, 5.74) is 3.08. The summed E-state index contributed by atoms with van der Waals surface area (Å²) in [6, 6.07) is 25.7. The number of ether oxygens (including phenoxy) is 1. The SMILES string of the molecule is Cc1cccc(Oc2cccc(NC(=O)[C@H]3CNC[C@@H]3c3ccccc3)c2)c1. The molecule has 0 unspecified atom stereocenters. The van der Waals surface area contributed by atoms with Gasteiger partial charge in [0.2, 0.25) is 5.91 Å². The molecule has 0 aliphatic carbocycles. The Hall–Kier alpha value is -3.11. The fourth-order valence-corrected chi connectivity index (χ4v) is 3.69. The Kier molecular flexibility index (Phi) is 5.40. The third-order valence-corrected chi connectivity index (χ3v) is 5.11. The van der Waals surface area contributed by atoms with E-state index in [2.05, 4.69) is 22.8 Å². The van der Waals surface area contributed by atoms with Crippen LogP contribution in [0.5, 0.6) is 11.5 Å². The highest BCUT2D eigenvalue weighted by Crippen LogP contribution is 2.30. The molecule has 1 amide bonds. The number of carbonyl (C=O) groups is 1. The van der Waals surface area contributed by atoms with E-state index in [1.165, 1.54) is 5.56 Å². The van der Waals surface area contributed by atoms with Crippen LogP contribution in [-0.2, 0) is 4.79 Å². The van der Waals surface area contributed by atoms with Crippen molar-refractivity contribution in [3.8, 4) is 11.5 Å². The average Bonchev–Trinajstić information content (AvgIpc) is 3.19. The van der Waals surface area contributed by atoms with Crippen LogP contribution in [0.4, 0.5) is 5.69 Å². The van der Waals surface area contributed by atoms with E-state index in [-0.39, 0.29) is 17.7 Å². The maximum absolute atomic E-state index is 12.9. The number of amides is 1. The first-order chi connectivity index (χ1) is 13.7. The standard InChI is InChI=1S/C24H24N2O2/c1-17-7-5-11-20(13-17)28-21-12-6-10-19(14-21)26-24(27)23-16-25-15-22(23)18-8-3-2-4-9-18/h2-14,22-23,25H,15-16H2,1H3,(H,26,27)/t22-,23+/m1/s1. The molecule has 0 aromatic heterocycles. The third-order valence-electron chi connectivity index (χ3n) is 5.11. The lowest BCUT2D eigenvalue weighted by molar-refractivity contribution is -0.119. The fraction of sp³-hybridized carbons (Fsp3) is 0.208. The van der Waals surface area contributed by atoms with Gasteiger partial charge in [0.1, 0.15) is 11.5 Å². The van der Waals surface area contributed by atoms with Gasteiger partial charge in [0.15, 0.2) is 0 Å². The molecule has 0 spiro atoms. The Balaban J connectivity index is 1.46. The number of carbonyl (C=O) groups excluding carboxylic acids is 1. The molecule has 0 radical (unpaired) electrons. The number of rotatable bonds is 5. The lowest BCUT2D eigenvalue weighted by Crippen LogP contribution is -2.28. The Morgan fingerprint density at radius 3 is 2.46 bits per heavy atom. The van der Waals surface area contributed by atoms with E-state index in [1.807, 2.05) is 73.7 Å². The van der Waals surface area contributed by atoms with Gasteiger partial charge in [0.25, 0.3) is 0 Å². The van der Waals surface area contributed by atoms with Crippen molar-refractivity contribution in [3.05, 3.63) is 90.0 Å². The number of anilines is 1. The first kappa shape index (κ1) is 18.3. The average molecular weight is 372 g/mol. The fourth-order valence-electron chi connectivity index (χ4n) is 3.69. The van der Waals surface area contributed by atoms with E-state index < -0.39 is 0 Å². The largest absolute Gasteiger partial charge is 0.457 e. The quantitative estimate of drug-likeness (QED) is 0.681. The Labute approximate surface area is 165 Å². The van der Waals surface area contributed by atoms with Crippen LogP contribution in [0, 0.1) is 12.8 Å². The molecule has 1 aliphatic rings. The molecule has 2 N–H and O–H groups in total. The molecule has 142 valence electrons. The van der Waals surface area contributed by atoms with Gasteiger partial charge in [-0.2, -0.15) is 0 Å². The molecule has 1 saturated heterocycles. The summed E-state index contributed by atoms with van der Waals surface area (Å²) in [6.45, 7) is 3.53. The van der Waals surface area contributed by atoms with Crippen molar-refractivity contribution in [2.24, 2.45) is 5.92 Å². The van der Waals surface area contributed by atoms with Gasteiger partial charge in [-0.1, -0.05) is 48.5 Å². The minimum absolute atomic E-state index is 0.0339. The van der Waals surface area contributed by atoms with Crippen LogP contribution in [0.1, 0.15) is 17.0 Å². The summed E-state index contributed by atoms with van der Waals surface area (Å²) >= 11 is 0. The first-order valence-corrected chi connectivity index (χ1v) is 9.60. The molecule has 3 aromatic rings. The summed E-state index contributed by atoms with van der Waals surface area (Å²) in [4.78, 5) is 12.9. The van der Waals surface area contributed by atoms with Gasteiger partial charge in [0, 0.05) is 30.8 Å². The molecular formula is C24H24N2O2. The molecule has 4 nitrogen and oxygen atoms in total. The third kappa shape index (κ3) is 4.24. The van der Waals surface area contributed by atoms with Crippen molar-refractivity contribution in [1.82, 2.24) is 5.32 Å². The monoisotopic (exact) mass is 372 g/mol. The second kappa shape index (κ2) is 8.28. The lowest BCUT2D eigenvalue weighted by atomic mass is 9.88. The van der Waals surface area contributed by atoms with Crippen molar-refractivity contribution in [3.63, 3.8) is 0 Å². The Morgan fingerprint density at radius 1 is 0.929 bits per heavy atom. The van der Waals surface area contributed by atoms with E-state index in [9.17, 15) is 4.79 Å². The van der Waals surface area contributed by atoms with Gasteiger partial charge in [-0.3, -0.25) is 4.79 Å². The second-order valence-electron chi connectivity index (χ2n) is 7.22. The summed E-state index contributed by atoms with van der Waals surface area (Å²) in [5.74, 6) is 1.61. The number of hydrogen-bond donors (Lipinski definition) is 2. The minimum atomic E-state index is -0.0938. The zero-order valence-electron chi connectivity index (χ0n) is 15.9. The number of hydrogen-bond acceptors (Lipinski definition) is 3. The Bertz CT molecular complexity index is 956. The van der Waals surface area contributed by atoms with Crippen LogP contribution < -0.4 is 15.4 Å². The topological polar surface area (TPSA) is 50.4 Å². The molecule has 2 atom stereocenters. The summed E-state index contributed by atoms with van der Waals surface area (Å²) in [5, 5.41) is 6.41. The zero-order chi connectivity index (χ0) is 19.3. The number of benzene rings is 3. The molecule has 4 heteroatoms. The molecule has 4 rings (SSSR count). The van der Waals surface area contributed by atoms with Crippen LogP contribution in [0.2, 0.25) is 0 Å². The minimum Gasteiger partial charge on any atom is -0.457 e. The van der Waals surface area contributed by atoms with Crippen molar-refractivity contribution < 1.29 is 9.53 Å². The van der Waals surface area contributed by atoms with Crippen LogP contribution in [0.25, 0.3) is 0 Å². The summed E-state index contributed by atoms with van der Waals surface area (Å²) in [6.07, 6.45) is 0. The predicted octanol–water partition coefficient (Wildman–Crippen LogP) is 4.73. The molecular weight excluding hydrogens is 348 g/mol. The van der Waals surface area contributed by atoms with E-state index in [0.29, 0.717) is 12.3 Å². The van der Waals surface area contributed by atoms with E-state index in [0.717, 1.165) is 23.5 Å². The molecule has 0 bridgehead atoms. The second-order valence-corrected chi connectivity index (χ2v) is 7.22. The van der Waals surface area contributed by atoms with Crippen molar-refractivity contribution in [1.29, 1.82) is 0 Å². The highest BCUT2D eigenvalue weighted by atomic mass is 16.5. The van der Waals surface area contributed by atoms with Crippen molar-refractivity contribution in [2.75, 3.05) is 18.4 Å². The van der Waals surface area contributed by atoms with Gasteiger partial charge in [-0.05, 0) is 42.3 Å². The number of aryl methyl sites for hydroxylation is 1. The van der Waals surface area contributed by atoms with Crippen molar-refractivity contribution in [2.45, 2.75) is 12.8 Å². The first-order valence-electron chi connectivity index (χ1n) is 9.60. The predicted molar refractivity (Wildman–Crippen MR) is 112 cm³/mol. The van der Waals surface area contributed by atoms with Gasteiger partial charge in [-0.25, -0.2) is 0 Å². The summed E-state index contributed by atoms with van der Waals surface area (Å²) in [7, 11) is 0. The Morgan fingerprint density at radius 2 is 1.68 bits per heavy atom. The molecule has 3 aromatic carbocycles. The molecule has 1 heterocycles. The zero-order valence-corrected chi connectivity index (χ0v) is 15.9. The van der Waals surface area contributed by atoms with Crippen LogP contribution in [0.15, 0.2) is 78.9 Å². The van der Waals surface area contributed by atoms with Crippen LogP contribution in [0.3, 0.4) is 0 Å². The maximum Gasteiger partial charge on any atom is 0.229 e. The van der Waals surface area contributed by atoms with E-state index >= 15 is 0 Å². The van der Waals surface area contributed by atoms with Gasteiger partial charge < -0.3 is 15.4 Å². The molecule has 1 fully saturated rings. The number of nitrogens with one attached hydrogen (secondary N) is 2. The molecule has 1 aliphatic heterocycles. The lowest BCUT2D eigenvalue weighted by Gasteiger charge is -2.19. The maximum atomic E-state index is 12.9.